The molecule has 0 radical (unpaired) electrons. The number of rotatable bonds is 4. The summed E-state index contributed by atoms with van der Waals surface area (Å²) in [5, 5.41) is 21.6. The van der Waals surface area contributed by atoms with E-state index in [0.717, 1.165) is 11.1 Å². The van der Waals surface area contributed by atoms with Crippen LogP contribution in [0.25, 0.3) is 0 Å². The third kappa shape index (κ3) is 3.08. The van der Waals surface area contributed by atoms with E-state index in [4.69, 9.17) is 0 Å². The minimum Gasteiger partial charge on any atom is -0.508 e. The third-order valence-corrected chi connectivity index (χ3v) is 5.45. The van der Waals surface area contributed by atoms with E-state index in [0.29, 0.717) is 11.1 Å². The molecule has 2 N–H and O–H groups in total. The number of phenols is 2. The summed E-state index contributed by atoms with van der Waals surface area (Å²) in [6.45, 7) is 8.22. The molecule has 0 atom stereocenters. The van der Waals surface area contributed by atoms with Gasteiger partial charge in [0.2, 0.25) is 0 Å². The van der Waals surface area contributed by atoms with Gasteiger partial charge in [-0.2, -0.15) is 0 Å². The Kier molecular flexibility index (Phi) is 4.53. The van der Waals surface area contributed by atoms with Gasteiger partial charge < -0.3 is 10.2 Å². The van der Waals surface area contributed by atoms with Crippen molar-refractivity contribution in [3.05, 3.63) is 95.1 Å². The lowest BCUT2D eigenvalue weighted by Crippen LogP contribution is -2.22. The Bertz CT molecular complexity index is 817. The predicted molar refractivity (Wildman–Crippen MR) is 107 cm³/mol. The average Bonchev–Trinajstić information content (AvgIpc) is 2.64. The van der Waals surface area contributed by atoms with Crippen LogP contribution in [0.5, 0.6) is 11.5 Å². The molecule has 0 aromatic heterocycles. The lowest BCUT2D eigenvalue weighted by atomic mass is 9.73. The van der Waals surface area contributed by atoms with Gasteiger partial charge in [0.1, 0.15) is 11.5 Å². The highest BCUT2D eigenvalue weighted by atomic mass is 16.3. The molecule has 0 aliphatic carbocycles. The third-order valence-electron chi connectivity index (χ3n) is 5.45. The van der Waals surface area contributed by atoms with Crippen molar-refractivity contribution in [1.29, 1.82) is 0 Å². The zero-order chi connectivity index (χ0) is 18.9. The van der Waals surface area contributed by atoms with Crippen LogP contribution in [-0.2, 0) is 10.8 Å². The van der Waals surface area contributed by atoms with Gasteiger partial charge in [-0.1, -0.05) is 88.4 Å². The molecule has 0 saturated carbocycles. The second-order valence-corrected chi connectivity index (χ2v) is 7.87. The van der Waals surface area contributed by atoms with Crippen molar-refractivity contribution in [3.63, 3.8) is 0 Å². The number of phenolic OH excluding ortho intramolecular Hbond substituents is 2. The SMILES string of the molecule is CC(C)(c1ccccc1)c1cc(O)c(C(C)(C)c2ccccc2)cc1O. The maximum Gasteiger partial charge on any atom is 0.120 e. The van der Waals surface area contributed by atoms with Crippen molar-refractivity contribution >= 4 is 0 Å². The normalized spacial score (nSPS) is 12.2. The fourth-order valence-electron chi connectivity index (χ4n) is 3.60. The van der Waals surface area contributed by atoms with E-state index in [1.807, 2.05) is 60.7 Å². The lowest BCUT2D eigenvalue weighted by molar-refractivity contribution is 0.427. The average molecular weight is 346 g/mol. The minimum atomic E-state index is -0.418. The molecule has 0 amide bonds. The summed E-state index contributed by atoms with van der Waals surface area (Å²) in [5.41, 5.74) is 2.77. The maximum absolute atomic E-state index is 10.8. The quantitative estimate of drug-likeness (QED) is 0.591. The van der Waals surface area contributed by atoms with Gasteiger partial charge in [0.05, 0.1) is 0 Å². The monoisotopic (exact) mass is 346 g/mol. The molecule has 0 aliphatic rings. The largest absolute Gasteiger partial charge is 0.508 e. The molecule has 0 unspecified atom stereocenters. The molecule has 0 heterocycles. The molecule has 0 aliphatic heterocycles. The maximum atomic E-state index is 10.8. The molecular weight excluding hydrogens is 320 g/mol. The van der Waals surface area contributed by atoms with Crippen LogP contribution in [0.3, 0.4) is 0 Å². The summed E-state index contributed by atoms with van der Waals surface area (Å²) in [6.07, 6.45) is 0. The molecule has 3 rings (SSSR count). The van der Waals surface area contributed by atoms with Crippen LogP contribution in [0.2, 0.25) is 0 Å². The molecule has 0 fully saturated rings. The van der Waals surface area contributed by atoms with E-state index in [9.17, 15) is 10.2 Å². The number of benzene rings is 3. The van der Waals surface area contributed by atoms with E-state index >= 15 is 0 Å². The Morgan fingerprint density at radius 1 is 0.538 bits per heavy atom. The van der Waals surface area contributed by atoms with Gasteiger partial charge in [-0.25, -0.2) is 0 Å². The summed E-state index contributed by atoms with van der Waals surface area (Å²) in [4.78, 5) is 0. The number of hydrogen-bond donors (Lipinski definition) is 2. The van der Waals surface area contributed by atoms with Crippen molar-refractivity contribution in [1.82, 2.24) is 0 Å². The number of aromatic hydroxyl groups is 2. The van der Waals surface area contributed by atoms with Gasteiger partial charge >= 0.3 is 0 Å². The molecular formula is C24H26O2. The summed E-state index contributed by atoms with van der Waals surface area (Å²) < 4.78 is 0. The summed E-state index contributed by atoms with van der Waals surface area (Å²) in [7, 11) is 0. The van der Waals surface area contributed by atoms with Crippen molar-refractivity contribution < 1.29 is 10.2 Å². The fourth-order valence-corrected chi connectivity index (χ4v) is 3.60. The van der Waals surface area contributed by atoms with Crippen molar-refractivity contribution in [2.45, 2.75) is 38.5 Å². The molecule has 3 aromatic carbocycles. The Labute approximate surface area is 155 Å². The van der Waals surface area contributed by atoms with E-state index < -0.39 is 10.8 Å². The van der Waals surface area contributed by atoms with E-state index in [-0.39, 0.29) is 11.5 Å². The summed E-state index contributed by atoms with van der Waals surface area (Å²) >= 11 is 0. The minimum absolute atomic E-state index is 0.204. The lowest BCUT2D eigenvalue weighted by Gasteiger charge is -2.31. The smallest absolute Gasteiger partial charge is 0.120 e. The predicted octanol–water partition coefficient (Wildman–Crippen LogP) is 5.75. The second kappa shape index (κ2) is 6.53. The van der Waals surface area contributed by atoms with Crippen LogP contribution >= 0.6 is 0 Å². The first kappa shape index (κ1) is 18.1. The molecule has 26 heavy (non-hydrogen) atoms. The topological polar surface area (TPSA) is 40.5 Å². The Morgan fingerprint density at radius 3 is 1.15 bits per heavy atom. The fraction of sp³-hybridized carbons (Fsp3) is 0.250. The van der Waals surface area contributed by atoms with Crippen LogP contribution in [0.1, 0.15) is 49.9 Å². The Balaban J connectivity index is 2.10. The van der Waals surface area contributed by atoms with E-state index in [1.54, 1.807) is 12.1 Å². The first-order chi connectivity index (χ1) is 12.2. The highest BCUT2D eigenvalue weighted by Gasteiger charge is 2.31. The highest BCUT2D eigenvalue weighted by Crippen LogP contribution is 2.44. The first-order valence-electron chi connectivity index (χ1n) is 8.92. The molecule has 0 bridgehead atoms. The molecule has 3 aromatic rings. The second-order valence-electron chi connectivity index (χ2n) is 7.87. The standard InChI is InChI=1S/C24H26O2/c1-23(2,17-11-7-5-8-12-17)19-15-22(26)20(16-21(19)25)24(3,4)18-13-9-6-10-14-18/h5-16,25-26H,1-4H3. The molecule has 134 valence electrons. The first-order valence-corrected chi connectivity index (χ1v) is 8.92. The van der Waals surface area contributed by atoms with Crippen molar-refractivity contribution in [2.24, 2.45) is 0 Å². The summed E-state index contributed by atoms with van der Waals surface area (Å²) in [5.74, 6) is 0.409. The molecule has 2 nitrogen and oxygen atoms in total. The Morgan fingerprint density at radius 2 is 0.846 bits per heavy atom. The van der Waals surface area contributed by atoms with Crippen LogP contribution in [0.4, 0.5) is 0 Å². The van der Waals surface area contributed by atoms with Crippen molar-refractivity contribution in [3.8, 4) is 11.5 Å². The van der Waals surface area contributed by atoms with Crippen LogP contribution in [0.15, 0.2) is 72.8 Å². The summed E-state index contributed by atoms with van der Waals surface area (Å²) in [6, 6.07) is 23.5. The van der Waals surface area contributed by atoms with Crippen LogP contribution in [0, 0.1) is 0 Å². The van der Waals surface area contributed by atoms with Crippen LogP contribution in [-0.4, -0.2) is 10.2 Å². The van der Waals surface area contributed by atoms with Gasteiger partial charge in [-0.05, 0) is 23.3 Å². The molecule has 0 saturated heterocycles. The highest BCUT2D eigenvalue weighted by molar-refractivity contribution is 5.55. The zero-order valence-corrected chi connectivity index (χ0v) is 15.8. The molecule has 0 spiro atoms. The Hall–Kier alpha value is -2.74. The van der Waals surface area contributed by atoms with Gasteiger partial charge in [0.25, 0.3) is 0 Å². The molecule has 2 heteroatoms. The zero-order valence-electron chi connectivity index (χ0n) is 15.8. The van der Waals surface area contributed by atoms with Gasteiger partial charge in [-0.3, -0.25) is 0 Å². The van der Waals surface area contributed by atoms with Crippen LogP contribution < -0.4 is 0 Å². The van der Waals surface area contributed by atoms with Gasteiger partial charge in [0.15, 0.2) is 0 Å². The van der Waals surface area contributed by atoms with Gasteiger partial charge in [-0.15, -0.1) is 0 Å². The van der Waals surface area contributed by atoms with E-state index in [2.05, 4.69) is 27.7 Å². The number of hydrogen-bond acceptors (Lipinski definition) is 2. The van der Waals surface area contributed by atoms with Crippen molar-refractivity contribution in [2.75, 3.05) is 0 Å². The van der Waals surface area contributed by atoms with Gasteiger partial charge in [0, 0.05) is 22.0 Å². The van der Waals surface area contributed by atoms with E-state index in [1.165, 1.54) is 0 Å².